The highest BCUT2D eigenvalue weighted by Crippen LogP contribution is 2.26. The number of hydrogen-bond donors (Lipinski definition) is 1. The summed E-state index contributed by atoms with van der Waals surface area (Å²) < 4.78 is 11.1. The second-order valence-electron chi connectivity index (χ2n) is 4.95. The lowest BCUT2D eigenvalue weighted by Crippen LogP contribution is -2.42. The van der Waals surface area contributed by atoms with Crippen molar-refractivity contribution in [3.63, 3.8) is 0 Å². The minimum Gasteiger partial charge on any atom is -0.311 e. The van der Waals surface area contributed by atoms with Crippen molar-refractivity contribution >= 4 is 10.8 Å². The maximum Gasteiger partial charge on any atom is 0.0383 e. The van der Waals surface area contributed by atoms with Gasteiger partial charge in [-0.3, -0.25) is 4.21 Å². The molecule has 0 heterocycles. The van der Waals surface area contributed by atoms with Gasteiger partial charge in [-0.15, -0.1) is 0 Å². The maximum atomic E-state index is 11.1. The van der Waals surface area contributed by atoms with Crippen molar-refractivity contribution in [1.82, 2.24) is 5.32 Å². The number of rotatable bonds is 5. The van der Waals surface area contributed by atoms with E-state index in [0.29, 0.717) is 12.1 Å². The SMILES string of the molecule is CCC1CCCC(NC(C)CS(C)=O)C1. The molecule has 0 radical (unpaired) electrons. The monoisotopic (exact) mass is 231 g/mol. The smallest absolute Gasteiger partial charge is 0.0383 e. The Morgan fingerprint density at radius 2 is 2.20 bits per heavy atom. The molecule has 0 aromatic rings. The van der Waals surface area contributed by atoms with Crippen molar-refractivity contribution in [2.75, 3.05) is 12.0 Å². The predicted octanol–water partition coefficient (Wildman–Crippen LogP) is 2.31. The first-order valence-electron chi connectivity index (χ1n) is 6.17. The third-order valence-corrected chi connectivity index (χ3v) is 4.33. The first kappa shape index (κ1) is 13.2. The normalized spacial score (nSPS) is 31.1. The van der Waals surface area contributed by atoms with Gasteiger partial charge in [0.25, 0.3) is 0 Å². The first-order chi connectivity index (χ1) is 7.11. The molecule has 1 saturated carbocycles. The molecule has 2 nitrogen and oxygen atoms in total. The second-order valence-corrected chi connectivity index (χ2v) is 6.43. The molecule has 0 aliphatic heterocycles. The zero-order valence-electron chi connectivity index (χ0n) is 10.3. The molecule has 4 atom stereocenters. The Kier molecular flexibility index (Phi) is 5.83. The molecule has 1 aliphatic carbocycles. The van der Waals surface area contributed by atoms with Crippen molar-refractivity contribution in [3.8, 4) is 0 Å². The van der Waals surface area contributed by atoms with Crippen molar-refractivity contribution in [3.05, 3.63) is 0 Å². The van der Waals surface area contributed by atoms with Crippen molar-refractivity contribution in [2.45, 2.75) is 58.0 Å². The summed E-state index contributed by atoms with van der Waals surface area (Å²) >= 11 is 0. The van der Waals surface area contributed by atoms with Crippen LogP contribution in [0.15, 0.2) is 0 Å². The summed E-state index contributed by atoms with van der Waals surface area (Å²) in [6, 6.07) is 1.07. The van der Waals surface area contributed by atoms with Gasteiger partial charge in [-0.1, -0.05) is 26.2 Å². The topological polar surface area (TPSA) is 29.1 Å². The van der Waals surface area contributed by atoms with E-state index in [1.807, 2.05) is 0 Å². The molecular formula is C12H25NOS. The highest BCUT2D eigenvalue weighted by atomic mass is 32.2. The molecule has 15 heavy (non-hydrogen) atoms. The molecule has 1 fully saturated rings. The Morgan fingerprint density at radius 1 is 1.47 bits per heavy atom. The molecule has 4 unspecified atom stereocenters. The molecular weight excluding hydrogens is 206 g/mol. The van der Waals surface area contributed by atoms with Gasteiger partial charge in [0, 0.05) is 34.9 Å². The summed E-state index contributed by atoms with van der Waals surface area (Å²) in [5.74, 6) is 1.70. The Labute approximate surface area is 96.7 Å². The van der Waals surface area contributed by atoms with E-state index in [4.69, 9.17) is 0 Å². The van der Waals surface area contributed by atoms with Crippen molar-refractivity contribution < 1.29 is 4.21 Å². The third-order valence-electron chi connectivity index (χ3n) is 3.37. The van der Waals surface area contributed by atoms with Gasteiger partial charge in [0.15, 0.2) is 0 Å². The Morgan fingerprint density at radius 3 is 2.80 bits per heavy atom. The molecule has 1 rings (SSSR count). The van der Waals surface area contributed by atoms with Gasteiger partial charge in [0.2, 0.25) is 0 Å². The molecule has 3 heteroatoms. The van der Waals surface area contributed by atoms with Crippen LogP contribution in [0, 0.1) is 5.92 Å². The minimum atomic E-state index is -0.673. The standard InChI is InChI=1S/C12H25NOS/c1-4-11-6-5-7-12(8-11)13-10(2)9-15(3)14/h10-13H,4-9H2,1-3H3. The fourth-order valence-electron chi connectivity index (χ4n) is 2.62. The van der Waals surface area contributed by atoms with Crippen molar-refractivity contribution in [1.29, 1.82) is 0 Å². The number of nitrogens with one attached hydrogen (secondary N) is 1. The summed E-state index contributed by atoms with van der Waals surface area (Å²) in [5, 5.41) is 3.62. The fraction of sp³-hybridized carbons (Fsp3) is 1.00. The summed E-state index contributed by atoms with van der Waals surface area (Å²) in [7, 11) is -0.673. The van der Waals surface area contributed by atoms with Gasteiger partial charge in [0.05, 0.1) is 0 Å². The summed E-state index contributed by atoms with van der Waals surface area (Å²) in [6.45, 7) is 4.44. The van der Waals surface area contributed by atoms with E-state index in [1.54, 1.807) is 6.26 Å². The quantitative estimate of drug-likeness (QED) is 0.787. The van der Waals surface area contributed by atoms with Crippen LogP contribution in [0.3, 0.4) is 0 Å². The zero-order chi connectivity index (χ0) is 11.3. The molecule has 0 amide bonds. The van der Waals surface area contributed by atoms with E-state index in [1.165, 1.54) is 32.1 Å². The van der Waals surface area contributed by atoms with Gasteiger partial charge in [-0.2, -0.15) is 0 Å². The van der Waals surface area contributed by atoms with E-state index in [9.17, 15) is 4.21 Å². The largest absolute Gasteiger partial charge is 0.311 e. The van der Waals surface area contributed by atoms with E-state index in [0.717, 1.165) is 11.7 Å². The van der Waals surface area contributed by atoms with Crippen LogP contribution in [0.25, 0.3) is 0 Å². The van der Waals surface area contributed by atoms with Gasteiger partial charge in [0.1, 0.15) is 0 Å². The molecule has 90 valence electrons. The van der Waals surface area contributed by atoms with Gasteiger partial charge < -0.3 is 5.32 Å². The third kappa shape index (κ3) is 5.12. The maximum absolute atomic E-state index is 11.1. The molecule has 0 aromatic heterocycles. The van der Waals surface area contributed by atoms with E-state index in [2.05, 4.69) is 19.2 Å². The molecule has 0 spiro atoms. The lowest BCUT2D eigenvalue weighted by molar-refractivity contribution is 0.269. The van der Waals surface area contributed by atoms with Crippen LogP contribution in [0.4, 0.5) is 0 Å². The first-order valence-corrected chi connectivity index (χ1v) is 7.90. The average molecular weight is 231 g/mol. The number of hydrogen-bond acceptors (Lipinski definition) is 2. The second kappa shape index (κ2) is 6.64. The lowest BCUT2D eigenvalue weighted by atomic mass is 9.84. The molecule has 0 saturated heterocycles. The lowest BCUT2D eigenvalue weighted by Gasteiger charge is -2.31. The van der Waals surface area contributed by atoms with E-state index < -0.39 is 10.8 Å². The van der Waals surface area contributed by atoms with Crippen LogP contribution in [0.5, 0.6) is 0 Å². The van der Waals surface area contributed by atoms with Crippen LogP contribution in [-0.2, 0) is 10.8 Å². The zero-order valence-corrected chi connectivity index (χ0v) is 11.1. The molecule has 0 aromatic carbocycles. The molecule has 1 N–H and O–H groups in total. The summed E-state index contributed by atoms with van der Waals surface area (Å²) in [4.78, 5) is 0. The highest BCUT2D eigenvalue weighted by Gasteiger charge is 2.21. The van der Waals surface area contributed by atoms with Crippen LogP contribution in [0.2, 0.25) is 0 Å². The molecule has 0 bridgehead atoms. The predicted molar refractivity (Wildman–Crippen MR) is 67.6 cm³/mol. The van der Waals surface area contributed by atoms with Crippen LogP contribution in [-0.4, -0.2) is 28.3 Å². The Hall–Kier alpha value is 0.110. The minimum absolute atomic E-state index is 0.399. The van der Waals surface area contributed by atoms with Crippen molar-refractivity contribution in [2.24, 2.45) is 5.92 Å². The fourth-order valence-corrected chi connectivity index (χ4v) is 3.42. The van der Waals surface area contributed by atoms with Gasteiger partial charge >= 0.3 is 0 Å². The average Bonchev–Trinajstić information content (AvgIpc) is 2.16. The van der Waals surface area contributed by atoms with Crippen LogP contribution >= 0.6 is 0 Å². The van der Waals surface area contributed by atoms with Crippen LogP contribution in [0.1, 0.15) is 46.0 Å². The summed E-state index contributed by atoms with van der Waals surface area (Å²) in [6.07, 6.45) is 8.48. The van der Waals surface area contributed by atoms with E-state index >= 15 is 0 Å². The Balaban J connectivity index is 2.27. The summed E-state index contributed by atoms with van der Waals surface area (Å²) in [5.41, 5.74) is 0. The van der Waals surface area contributed by atoms with Gasteiger partial charge in [-0.25, -0.2) is 0 Å². The van der Waals surface area contributed by atoms with E-state index in [-0.39, 0.29) is 0 Å². The highest BCUT2D eigenvalue weighted by molar-refractivity contribution is 7.84. The van der Waals surface area contributed by atoms with Crippen LogP contribution < -0.4 is 5.32 Å². The Bertz CT molecular complexity index is 208. The van der Waals surface area contributed by atoms with Gasteiger partial charge in [-0.05, 0) is 25.7 Å². The molecule has 1 aliphatic rings.